The van der Waals surface area contributed by atoms with Gasteiger partial charge in [0.05, 0.1) is 29.8 Å². The Morgan fingerprint density at radius 3 is 2.18 bits per heavy atom. The van der Waals surface area contributed by atoms with Gasteiger partial charge < -0.3 is 14.2 Å². The smallest absolute Gasteiger partial charge is 0.277 e. The van der Waals surface area contributed by atoms with Gasteiger partial charge in [-0.1, -0.05) is 51.1 Å². The van der Waals surface area contributed by atoms with Crippen LogP contribution in [0.4, 0.5) is 0 Å². The SMILES string of the molecule is CCOc1ccc(Oc2c(/C=N\NC(=O)COc3ccc(C(C)(C)C)cc3)c(C)nn2-c2ccccc2)cc1. The number of carbonyl (C=O) groups excluding carboxylic acids is 1. The molecule has 0 bridgehead atoms. The van der Waals surface area contributed by atoms with Crippen LogP contribution < -0.4 is 19.6 Å². The van der Waals surface area contributed by atoms with Gasteiger partial charge in [-0.2, -0.15) is 14.9 Å². The lowest BCUT2D eigenvalue weighted by molar-refractivity contribution is -0.123. The van der Waals surface area contributed by atoms with E-state index < -0.39 is 0 Å². The summed E-state index contributed by atoms with van der Waals surface area (Å²) in [7, 11) is 0. The number of ether oxygens (including phenoxy) is 3. The second-order valence-corrected chi connectivity index (χ2v) is 9.91. The molecule has 8 heteroatoms. The first-order valence-electron chi connectivity index (χ1n) is 12.9. The molecule has 39 heavy (non-hydrogen) atoms. The summed E-state index contributed by atoms with van der Waals surface area (Å²) in [5.74, 6) is 2.08. The fourth-order valence-corrected chi connectivity index (χ4v) is 3.79. The summed E-state index contributed by atoms with van der Waals surface area (Å²) < 4.78 is 19.1. The number of amides is 1. The summed E-state index contributed by atoms with van der Waals surface area (Å²) in [4.78, 5) is 12.4. The number of rotatable bonds is 10. The number of hydrogen-bond donors (Lipinski definition) is 1. The standard InChI is InChI=1S/C31H34N4O4/c1-6-37-25-16-18-27(19-17-25)39-30-28(22(2)34-35(30)24-10-8-7-9-11-24)20-32-33-29(36)21-38-26-14-12-23(13-15-26)31(3,4)5/h7-20H,6,21H2,1-5H3,(H,33,36)/b32-20-. The van der Waals surface area contributed by atoms with Crippen molar-refractivity contribution in [2.45, 2.75) is 40.0 Å². The average molecular weight is 527 g/mol. The van der Waals surface area contributed by atoms with E-state index in [9.17, 15) is 4.79 Å². The summed E-state index contributed by atoms with van der Waals surface area (Å²) in [5.41, 5.74) is 5.91. The summed E-state index contributed by atoms with van der Waals surface area (Å²) in [6, 6.07) is 24.8. The van der Waals surface area contributed by atoms with E-state index in [-0.39, 0.29) is 17.9 Å². The molecule has 8 nitrogen and oxygen atoms in total. The Kier molecular flexibility index (Phi) is 8.66. The van der Waals surface area contributed by atoms with Crippen LogP contribution in [0.5, 0.6) is 23.1 Å². The fraction of sp³-hybridized carbons (Fsp3) is 0.258. The number of carbonyl (C=O) groups is 1. The molecule has 0 unspecified atom stereocenters. The summed E-state index contributed by atoms with van der Waals surface area (Å²) in [6.45, 7) is 10.7. The quantitative estimate of drug-likeness (QED) is 0.196. The molecule has 1 aromatic heterocycles. The molecule has 0 saturated carbocycles. The van der Waals surface area contributed by atoms with Crippen LogP contribution in [0, 0.1) is 6.92 Å². The molecule has 3 aromatic carbocycles. The summed E-state index contributed by atoms with van der Waals surface area (Å²) in [5, 5.41) is 8.81. The van der Waals surface area contributed by atoms with E-state index in [1.54, 1.807) is 4.68 Å². The molecule has 1 heterocycles. The van der Waals surface area contributed by atoms with Crippen molar-refractivity contribution >= 4 is 12.1 Å². The Hall–Kier alpha value is -4.59. The second-order valence-electron chi connectivity index (χ2n) is 9.91. The zero-order valence-electron chi connectivity index (χ0n) is 23.0. The van der Waals surface area contributed by atoms with Crippen molar-refractivity contribution in [3.8, 4) is 28.8 Å². The van der Waals surface area contributed by atoms with Gasteiger partial charge in [0.1, 0.15) is 17.2 Å². The topological polar surface area (TPSA) is 87.0 Å². The molecule has 0 aliphatic heterocycles. The molecule has 0 fully saturated rings. The number of hydrazone groups is 1. The highest BCUT2D eigenvalue weighted by molar-refractivity contribution is 5.86. The zero-order valence-corrected chi connectivity index (χ0v) is 23.0. The maximum atomic E-state index is 12.4. The molecule has 0 aliphatic carbocycles. The lowest BCUT2D eigenvalue weighted by Gasteiger charge is -2.19. The van der Waals surface area contributed by atoms with Gasteiger partial charge in [0.15, 0.2) is 6.61 Å². The molecule has 0 saturated heterocycles. The lowest BCUT2D eigenvalue weighted by Crippen LogP contribution is -2.24. The zero-order chi connectivity index (χ0) is 27.8. The number of nitrogens with zero attached hydrogens (tertiary/aromatic N) is 3. The Labute approximate surface area is 229 Å². The van der Waals surface area contributed by atoms with Gasteiger partial charge in [0.25, 0.3) is 5.91 Å². The van der Waals surface area contributed by atoms with Gasteiger partial charge in [-0.25, -0.2) is 5.43 Å². The van der Waals surface area contributed by atoms with Crippen molar-refractivity contribution in [3.63, 3.8) is 0 Å². The van der Waals surface area contributed by atoms with Gasteiger partial charge in [-0.3, -0.25) is 4.79 Å². The van der Waals surface area contributed by atoms with E-state index in [2.05, 4.69) is 36.4 Å². The third kappa shape index (κ3) is 7.25. The molecule has 4 rings (SSSR count). The van der Waals surface area contributed by atoms with Crippen molar-refractivity contribution in [2.24, 2.45) is 5.10 Å². The van der Waals surface area contributed by atoms with E-state index in [0.29, 0.717) is 35.2 Å². The fourth-order valence-electron chi connectivity index (χ4n) is 3.79. The number of aryl methyl sites for hydroxylation is 1. The minimum Gasteiger partial charge on any atom is -0.494 e. The minimum atomic E-state index is -0.381. The normalized spacial score (nSPS) is 11.4. The maximum Gasteiger partial charge on any atom is 0.277 e. The Balaban J connectivity index is 1.47. The van der Waals surface area contributed by atoms with Crippen molar-refractivity contribution in [1.82, 2.24) is 15.2 Å². The van der Waals surface area contributed by atoms with Crippen LogP contribution >= 0.6 is 0 Å². The van der Waals surface area contributed by atoms with Gasteiger partial charge in [0.2, 0.25) is 5.88 Å². The molecule has 0 atom stereocenters. The molecule has 0 spiro atoms. The molecule has 1 N–H and O–H groups in total. The monoisotopic (exact) mass is 526 g/mol. The molecular weight excluding hydrogens is 492 g/mol. The van der Waals surface area contributed by atoms with Crippen LogP contribution in [0.25, 0.3) is 5.69 Å². The Morgan fingerprint density at radius 1 is 0.923 bits per heavy atom. The Bertz CT molecular complexity index is 1400. The highest BCUT2D eigenvalue weighted by atomic mass is 16.5. The predicted molar refractivity (Wildman–Crippen MR) is 152 cm³/mol. The minimum absolute atomic E-state index is 0.0482. The van der Waals surface area contributed by atoms with Crippen molar-refractivity contribution in [3.05, 3.63) is 95.7 Å². The number of nitrogens with one attached hydrogen (secondary N) is 1. The largest absolute Gasteiger partial charge is 0.494 e. The number of para-hydroxylation sites is 1. The Morgan fingerprint density at radius 2 is 1.54 bits per heavy atom. The van der Waals surface area contributed by atoms with Crippen molar-refractivity contribution in [2.75, 3.05) is 13.2 Å². The van der Waals surface area contributed by atoms with Crippen LogP contribution in [0.15, 0.2) is 84.0 Å². The molecule has 0 aliphatic rings. The van der Waals surface area contributed by atoms with Crippen LogP contribution in [0.3, 0.4) is 0 Å². The van der Waals surface area contributed by atoms with Crippen LogP contribution in [-0.2, 0) is 10.2 Å². The van der Waals surface area contributed by atoms with Crippen molar-refractivity contribution < 1.29 is 19.0 Å². The summed E-state index contributed by atoms with van der Waals surface area (Å²) >= 11 is 0. The van der Waals surface area contributed by atoms with E-state index in [4.69, 9.17) is 14.2 Å². The number of aromatic nitrogens is 2. The van der Waals surface area contributed by atoms with Gasteiger partial charge >= 0.3 is 0 Å². The van der Waals surface area contributed by atoms with E-state index >= 15 is 0 Å². The molecule has 1 amide bonds. The predicted octanol–water partition coefficient (Wildman–Crippen LogP) is 6.20. The van der Waals surface area contributed by atoms with Crippen LogP contribution in [0.1, 0.15) is 44.5 Å². The first kappa shape index (κ1) is 27.4. The summed E-state index contributed by atoms with van der Waals surface area (Å²) in [6.07, 6.45) is 1.53. The molecular formula is C31H34N4O4. The second kappa shape index (κ2) is 12.3. The number of hydrogen-bond acceptors (Lipinski definition) is 6. The van der Waals surface area contributed by atoms with Crippen molar-refractivity contribution in [1.29, 1.82) is 0 Å². The molecule has 4 aromatic rings. The van der Waals surface area contributed by atoms with Crippen LogP contribution in [-0.4, -0.2) is 35.1 Å². The first-order valence-corrected chi connectivity index (χ1v) is 12.9. The van der Waals surface area contributed by atoms with E-state index in [0.717, 1.165) is 11.4 Å². The molecule has 0 radical (unpaired) electrons. The molecule has 202 valence electrons. The average Bonchev–Trinajstić information content (AvgIpc) is 3.23. The highest BCUT2D eigenvalue weighted by Crippen LogP contribution is 2.30. The van der Waals surface area contributed by atoms with E-state index in [1.807, 2.05) is 92.7 Å². The highest BCUT2D eigenvalue weighted by Gasteiger charge is 2.18. The third-order valence-corrected chi connectivity index (χ3v) is 5.89. The lowest BCUT2D eigenvalue weighted by atomic mass is 9.87. The van der Waals surface area contributed by atoms with Gasteiger partial charge in [0, 0.05) is 0 Å². The van der Waals surface area contributed by atoms with Gasteiger partial charge in [-0.05, 0) is 73.4 Å². The van der Waals surface area contributed by atoms with Crippen LogP contribution in [0.2, 0.25) is 0 Å². The van der Waals surface area contributed by atoms with E-state index in [1.165, 1.54) is 11.8 Å². The first-order chi connectivity index (χ1) is 18.7. The number of benzene rings is 3. The third-order valence-electron chi connectivity index (χ3n) is 5.89. The van der Waals surface area contributed by atoms with Gasteiger partial charge in [-0.15, -0.1) is 0 Å². The maximum absolute atomic E-state index is 12.4.